The summed E-state index contributed by atoms with van der Waals surface area (Å²) in [6.45, 7) is 3.68. The molecule has 0 aliphatic heterocycles. The normalized spacial score (nSPS) is 10.6. The molecule has 9 nitrogen and oxygen atoms in total. The summed E-state index contributed by atoms with van der Waals surface area (Å²) in [5, 5.41) is 24.4. The van der Waals surface area contributed by atoms with Crippen molar-refractivity contribution in [2.45, 2.75) is 13.8 Å². The van der Waals surface area contributed by atoms with Gasteiger partial charge in [0.2, 0.25) is 5.75 Å². The highest BCUT2D eigenvalue weighted by Gasteiger charge is 2.19. The maximum absolute atomic E-state index is 11.8. The fourth-order valence-electron chi connectivity index (χ4n) is 2.15. The highest BCUT2D eigenvalue weighted by atomic mass is 16.6. The number of methoxy groups -OCH3 is 1. The summed E-state index contributed by atoms with van der Waals surface area (Å²) in [6.07, 6.45) is 1.20. The molecule has 2 N–H and O–H groups in total. The van der Waals surface area contributed by atoms with Gasteiger partial charge in [0, 0.05) is 11.6 Å². The highest BCUT2D eigenvalue weighted by Crippen LogP contribution is 2.36. The summed E-state index contributed by atoms with van der Waals surface area (Å²) in [4.78, 5) is 22.0. The molecule has 2 rings (SSSR count). The van der Waals surface area contributed by atoms with E-state index in [1.54, 1.807) is 6.07 Å². The first kappa shape index (κ1) is 19.7. The molecule has 0 unspecified atom stereocenters. The first-order valence-corrected chi connectivity index (χ1v) is 7.89. The predicted molar refractivity (Wildman–Crippen MR) is 98.5 cm³/mol. The third-order valence-electron chi connectivity index (χ3n) is 3.74. The number of carbonyl (C=O) groups excluding carboxylic acids is 1. The molecule has 0 fully saturated rings. The molecular formula is C18H19N3O6. The van der Waals surface area contributed by atoms with Gasteiger partial charge in [-0.25, -0.2) is 5.43 Å². The molecule has 0 heterocycles. The second kappa shape index (κ2) is 8.65. The van der Waals surface area contributed by atoms with Crippen LogP contribution in [0.25, 0.3) is 0 Å². The first-order valence-electron chi connectivity index (χ1n) is 7.89. The number of benzene rings is 2. The van der Waals surface area contributed by atoms with Crippen LogP contribution in [-0.4, -0.2) is 35.9 Å². The van der Waals surface area contributed by atoms with E-state index >= 15 is 0 Å². The SMILES string of the molecule is COc1cc(/C=N/NC(=O)COc2ccc(C)c(C)c2)cc([N+](=O)[O-])c1O. The molecule has 0 saturated carbocycles. The van der Waals surface area contributed by atoms with Crippen molar-refractivity contribution in [2.24, 2.45) is 5.10 Å². The van der Waals surface area contributed by atoms with E-state index in [0.717, 1.165) is 17.2 Å². The van der Waals surface area contributed by atoms with Crippen LogP contribution in [0.3, 0.4) is 0 Å². The summed E-state index contributed by atoms with van der Waals surface area (Å²) in [7, 11) is 1.27. The molecule has 0 radical (unpaired) electrons. The third kappa shape index (κ3) is 5.18. The minimum Gasteiger partial charge on any atom is -0.500 e. The Morgan fingerprint density at radius 1 is 1.30 bits per heavy atom. The number of aryl methyl sites for hydroxylation is 2. The Morgan fingerprint density at radius 2 is 2.04 bits per heavy atom. The Kier molecular flexibility index (Phi) is 6.32. The van der Waals surface area contributed by atoms with E-state index in [1.807, 2.05) is 26.0 Å². The molecule has 2 aromatic rings. The van der Waals surface area contributed by atoms with Gasteiger partial charge in [-0.3, -0.25) is 14.9 Å². The average molecular weight is 373 g/mol. The van der Waals surface area contributed by atoms with Gasteiger partial charge in [0.25, 0.3) is 5.91 Å². The number of nitro groups is 1. The van der Waals surface area contributed by atoms with Gasteiger partial charge < -0.3 is 14.6 Å². The number of hydrogen-bond acceptors (Lipinski definition) is 7. The summed E-state index contributed by atoms with van der Waals surface area (Å²) >= 11 is 0. The molecule has 0 aliphatic carbocycles. The number of nitrogens with one attached hydrogen (secondary N) is 1. The number of carbonyl (C=O) groups is 1. The lowest BCUT2D eigenvalue weighted by molar-refractivity contribution is -0.386. The van der Waals surface area contributed by atoms with Gasteiger partial charge in [0.05, 0.1) is 18.2 Å². The van der Waals surface area contributed by atoms with Crippen molar-refractivity contribution in [2.75, 3.05) is 13.7 Å². The lowest BCUT2D eigenvalue weighted by Gasteiger charge is -2.07. The van der Waals surface area contributed by atoms with E-state index in [1.165, 1.54) is 19.4 Å². The first-order chi connectivity index (χ1) is 12.8. The van der Waals surface area contributed by atoms with Crippen molar-refractivity contribution < 1.29 is 24.3 Å². The van der Waals surface area contributed by atoms with Crippen molar-refractivity contribution in [3.8, 4) is 17.2 Å². The zero-order valence-corrected chi connectivity index (χ0v) is 15.1. The van der Waals surface area contributed by atoms with E-state index in [0.29, 0.717) is 5.75 Å². The Bertz CT molecular complexity index is 895. The van der Waals surface area contributed by atoms with Crippen molar-refractivity contribution >= 4 is 17.8 Å². The summed E-state index contributed by atoms with van der Waals surface area (Å²) < 4.78 is 10.3. The lowest BCUT2D eigenvalue weighted by atomic mass is 10.1. The smallest absolute Gasteiger partial charge is 0.315 e. The van der Waals surface area contributed by atoms with Crippen molar-refractivity contribution in [1.29, 1.82) is 0 Å². The highest BCUT2D eigenvalue weighted by molar-refractivity contribution is 5.85. The van der Waals surface area contributed by atoms with Crippen LogP contribution in [0.2, 0.25) is 0 Å². The third-order valence-corrected chi connectivity index (χ3v) is 3.74. The average Bonchev–Trinajstić information content (AvgIpc) is 2.63. The van der Waals surface area contributed by atoms with E-state index < -0.39 is 22.3 Å². The summed E-state index contributed by atoms with van der Waals surface area (Å²) in [5.74, 6) is -0.582. The van der Waals surface area contributed by atoms with E-state index in [9.17, 15) is 20.0 Å². The predicted octanol–water partition coefficient (Wildman–Crippen LogP) is 2.45. The number of ether oxygens (including phenoxy) is 2. The molecule has 142 valence electrons. The molecule has 27 heavy (non-hydrogen) atoms. The number of phenols is 1. The fourth-order valence-corrected chi connectivity index (χ4v) is 2.15. The van der Waals surface area contributed by atoms with Crippen LogP contribution in [0.1, 0.15) is 16.7 Å². The second-order valence-electron chi connectivity index (χ2n) is 5.68. The van der Waals surface area contributed by atoms with Crippen molar-refractivity contribution in [1.82, 2.24) is 5.43 Å². The number of hydrogen-bond donors (Lipinski definition) is 2. The topological polar surface area (TPSA) is 123 Å². The standard InChI is InChI=1S/C18H19N3O6/c1-11-4-5-14(6-12(11)2)27-10-17(22)20-19-9-13-7-15(21(24)25)18(23)16(8-13)26-3/h4-9,23H,10H2,1-3H3,(H,20,22)/b19-9+. The molecule has 2 aromatic carbocycles. The largest absolute Gasteiger partial charge is 0.500 e. The summed E-state index contributed by atoms with van der Waals surface area (Å²) in [5.41, 5.74) is 4.17. The number of amides is 1. The van der Waals surface area contributed by atoms with E-state index in [2.05, 4.69) is 10.5 Å². The zero-order valence-electron chi connectivity index (χ0n) is 15.1. The van der Waals surface area contributed by atoms with Crippen molar-refractivity contribution in [3.05, 3.63) is 57.1 Å². The molecule has 1 amide bonds. The van der Waals surface area contributed by atoms with Gasteiger partial charge >= 0.3 is 5.69 Å². The van der Waals surface area contributed by atoms with Crippen LogP contribution < -0.4 is 14.9 Å². The van der Waals surface area contributed by atoms with Gasteiger partial charge in [-0.1, -0.05) is 6.07 Å². The zero-order chi connectivity index (χ0) is 20.0. The maximum atomic E-state index is 11.8. The van der Waals surface area contributed by atoms with Crippen molar-refractivity contribution in [3.63, 3.8) is 0 Å². The Morgan fingerprint density at radius 3 is 2.67 bits per heavy atom. The number of hydrazone groups is 1. The van der Waals surface area contributed by atoms with E-state index in [4.69, 9.17) is 9.47 Å². The molecule has 0 aliphatic rings. The van der Waals surface area contributed by atoms with Gasteiger partial charge in [-0.2, -0.15) is 5.10 Å². The number of nitro benzene ring substituents is 1. The Labute approximate surface area is 155 Å². The second-order valence-corrected chi connectivity index (χ2v) is 5.68. The maximum Gasteiger partial charge on any atom is 0.315 e. The lowest BCUT2D eigenvalue weighted by Crippen LogP contribution is -2.24. The minimum absolute atomic E-state index is 0.0740. The van der Waals surface area contributed by atoms with Gasteiger partial charge in [0.1, 0.15) is 5.75 Å². The molecule has 0 saturated heterocycles. The van der Waals surface area contributed by atoms with Crippen LogP contribution in [0.4, 0.5) is 5.69 Å². The van der Waals surface area contributed by atoms with Crippen LogP contribution in [0, 0.1) is 24.0 Å². The Balaban J connectivity index is 1.98. The number of nitrogens with zero attached hydrogens (tertiary/aromatic N) is 2. The van der Waals surface area contributed by atoms with Gasteiger partial charge in [-0.05, 0) is 43.2 Å². The quantitative estimate of drug-likeness (QED) is 0.436. The number of rotatable bonds is 7. The molecule has 9 heteroatoms. The van der Waals surface area contributed by atoms with Crippen LogP contribution in [-0.2, 0) is 4.79 Å². The number of aromatic hydroxyl groups is 1. The molecule has 0 bridgehead atoms. The monoisotopic (exact) mass is 373 g/mol. The minimum atomic E-state index is -0.745. The summed E-state index contributed by atoms with van der Waals surface area (Å²) in [6, 6.07) is 7.95. The fraction of sp³-hybridized carbons (Fsp3) is 0.222. The molecule has 0 aromatic heterocycles. The van der Waals surface area contributed by atoms with Crippen LogP contribution >= 0.6 is 0 Å². The molecule has 0 atom stereocenters. The van der Waals surface area contributed by atoms with Gasteiger partial charge in [-0.15, -0.1) is 0 Å². The van der Waals surface area contributed by atoms with Crippen LogP contribution in [0.5, 0.6) is 17.2 Å². The molecule has 0 spiro atoms. The van der Waals surface area contributed by atoms with Crippen LogP contribution in [0.15, 0.2) is 35.4 Å². The van der Waals surface area contributed by atoms with Gasteiger partial charge in [0.15, 0.2) is 12.4 Å². The Hall–Kier alpha value is -3.62. The molecular weight excluding hydrogens is 354 g/mol. The van der Waals surface area contributed by atoms with E-state index in [-0.39, 0.29) is 17.9 Å². The number of phenolic OH excluding ortho intramolecular Hbond substituents is 1.